The molecular weight excluding hydrogens is 475 g/mol. The van der Waals surface area contributed by atoms with Crippen LogP contribution in [0.2, 0.25) is 0 Å². The number of carboxylic acids is 1. The second-order valence-electron chi connectivity index (χ2n) is 11.0. The van der Waals surface area contributed by atoms with Crippen molar-refractivity contribution in [1.82, 2.24) is 5.32 Å². The van der Waals surface area contributed by atoms with Gasteiger partial charge in [-0.3, -0.25) is 4.79 Å². The third kappa shape index (κ3) is 4.40. The van der Waals surface area contributed by atoms with E-state index >= 15 is 0 Å². The molecule has 0 spiro atoms. The highest BCUT2D eigenvalue weighted by molar-refractivity contribution is 6.48. The van der Waals surface area contributed by atoms with Crippen LogP contribution in [0.4, 0.5) is 8.78 Å². The van der Waals surface area contributed by atoms with E-state index in [0.29, 0.717) is 5.92 Å². The number of nitrogens with one attached hydrogen (secondary N) is 1. The molecular formula is C25H32BF2NO7. The summed E-state index contributed by atoms with van der Waals surface area (Å²) in [6, 6.07) is 0.860. The number of hydrogen-bond acceptors (Lipinski definition) is 6. The summed E-state index contributed by atoms with van der Waals surface area (Å²) in [6.45, 7) is 7.82. The van der Waals surface area contributed by atoms with E-state index in [2.05, 4.69) is 19.2 Å². The van der Waals surface area contributed by atoms with Gasteiger partial charge in [-0.05, 0) is 62.0 Å². The Labute approximate surface area is 209 Å². The summed E-state index contributed by atoms with van der Waals surface area (Å²) < 4.78 is 46.6. The SMILES string of the molecule is COc1c(CC(NC(=O)CCC(C)=O)B2OC3CC4CC(C4(C)C)C3(C)O2)cc(F)c(F)c1C(=O)O. The zero-order valence-electron chi connectivity index (χ0n) is 21.2. The third-order valence-electron chi connectivity index (χ3n) is 8.45. The lowest BCUT2D eigenvalue weighted by atomic mass is 9.43. The van der Waals surface area contributed by atoms with E-state index < -0.39 is 47.7 Å². The minimum absolute atomic E-state index is 0.0425. The molecule has 1 aromatic carbocycles. The number of amides is 1. The molecule has 1 heterocycles. The first-order valence-electron chi connectivity index (χ1n) is 12.2. The first kappa shape index (κ1) is 26.5. The molecule has 1 saturated heterocycles. The number of aromatic carboxylic acids is 1. The maximum absolute atomic E-state index is 14.4. The molecule has 4 fully saturated rings. The van der Waals surface area contributed by atoms with Crippen molar-refractivity contribution in [3.8, 4) is 5.75 Å². The monoisotopic (exact) mass is 507 g/mol. The Hall–Kier alpha value is -2.53. The molecule has 1 aliphatic heterocycles. The minimum Gasteiger partial charge on any atom is -0.495 e. The first-order valence-corrected chi connectivity index (χ1v) is 12.2. The fourth-order valence-corrected chi connectivity index (χ4v) is 6.33. The highest BCUT2D eigenvalue weighted by Crippen LogP contribution is 2.65. The molecule has 3 aliphatic carbocycles. The highest BCUT2D eigenvalue weighted by Gasteiger charge is 2.68. The number of ketones is 1. The summed E-state index contributed by atoms with van der Waals surface area (Å²) in [6.07, 6.45) is 1.46. The largest absolute Gasteiger partial charge is 0.495 e. The van der Waals surface area contributed by atoms with Crippen LogP contribution in [-0.2, 0) is 25.3 Å². The van der Waals surface area contributed by atoms with E-state index in [1.165, 1.54) is 6.92 Å². The van der Waals surface area contributed by atoms with Gasteiger partial charge in [0.15, 0.2) is 11.6 Å². The van der Waals surface area contributed by atoms with Crippen molar-refractivity contribution in [1.29, 1.82) is 0 Å². The van der Waals surface area contributed by atoms with Crippen LogP contribution in [-0.4, -0.2) is 54.6 Å². The van der Waals surface area contributed by atoms with Crippen LogP contribution in [0.15, 0.2) is 6.07 Å². The van der Waals surface area contributed by atoms with Crippen molar-refractivity contribution in [2.75, 3.05) is 7.11 Å². The van der Waals surface area contributed by atoms with Gasteiger partial charge >= 0.3 is 13.1 Å². The quantitative estimate of drug-likeness (QED) is 0.494. The second-order valence-corrected chi connectivity index (χ2v) is 11.0. The average Bonchev–Trinajstić information content (AvgIpc) is 3.15. The van der Waals surface area contributed by atoms with Crippen molar-refractivity contribution in [3.63, 3.8) is 0 Å². The minimum atomic E-state index is -1.68. The van der Waals surface area contributed by atoms with Gasteiger partial charge in [0.1, 0.15) is 17.1 Å². The van der Waals surface area contributed by atoms with Gasteiger partial charge < -0.3 is 29.3 Å². The van der Waals surface area contributed by atoms with Gasteiger partial charge in [0.25, 0.3) is 0 Å². The molecule has 196 valence electrons. The van der Waals surface area contributed by atoms with Crippen molar-refractivity contribution < 1.29 is 42.3 Å². The topological polar surface area (TPSA) is 111 Å². The summed E-state index contributed by atoms with van der Waals surface area (Å²) in [5.74, 6) is -5.60. The van der Waals surface area contributed by atoms with Crippen molar-refractivity contribution in [2.45, 2.75) is 77.4 Å². The van der Waals surface area contributed by atoms with Crippen molar-refractivity contribution in [2.24, 2.45) is 17.3 Å². The second kappa shape index (κ2) is 9.41. The summed E-state index contributed by atoms with van der Waals surface area (Å²) in [7, 11) is 0.249. The van der Waals surface area contributed by atoms with Gasteiger partial charge in [0.05, 0.1) is 24.8 Å². The zero-order valence-corrected chi connectivity index (χ0v) is 21.2. The third-order valence-corrected chi connectivity index (χ3v) is 8.45. The van der Waals surface area contributed by atoms with E-state index in [9.17, 15) is 28.3 Å². The molecule has 2 N–H and O–H groups in total. The zero-order chi connectivity index (χ0) is 26.6. The molecule has 1 amide bonds. The number of benzene rings is 1. The number of methoxy groups -OCH3 is 1. The number of carbonyl (C=O) groups is 3. The van der Waals surface area contributed by atoms with E-state index in [0.717, 1.165) is 26.0 Å². The van der Waals surface area contributed by atoms with Crippen molar-refractivity contribution in [3.05, 3.63) is 28.8 Å². The number of halogens is 2. The van der Waals surface area contributed by atoms with Crippen molar-refractivity contribution >= 4 is 24.8 Å². The van der Waals surface area contributed by atoms with Gasteiger partial charge in [0, 0.05) is 12.8 Å². The van der Waals surface area contributed by atoms with Crippen LogP contribution >= 0.6 is 0 Å². The summed E-state index contributed by atoms with van der Waals surface area (Å²) >= 11 is 0. The highest BCUT2D eigenvalue weighted by atomic mass is 19.2. The fourth-order valence-electron chi connectivity index (χ4n) is 6.33. The van der Waals surface area contributed by atoms with Crippen LogP contribution in [0.1, 0.15) is 69.3 Å². The average molecular weight is 507 g/mol. The lowest BCUT2D eigenvalue weighted by Crippen LogP contribution is -2.65. The van der Waals surface area contributed by atoms with Gasteiger partial charge in [-0.15, -0.1) is 0 Å². The molecule has 11 heteroatoms. The number of rotatable bonds is 9. The molecule has 8 nitrogen and oxygen atoms in total. The predicted molar refractivity (Wildman–Crippen MR) is 126 cm³/mol. The fraction of sp³-hybridized carbons (Fsp3) is 0.640. The van der Waals surface area contributed by atoms with Gasteiger partial charge in [-0.25, -0.2) is 13.6 Å². The van der Waals surface area contributed by atoms with E-state index in [1.54, 1.807) is 0 Å². The van der Waals surface area contributed by atoms with Gasteiger partial charge in [-0.1, -0.05) is 13.8 Å². The lowest BCUT2D eigenvalue weighted by molar-refractivity contribution is -0.199. The summed E-state index contributed by atoms with van der Waals surface area (Å²) in [4.78, 5) is 35.7. The molecule has 5 atom stereocenters. The maximum atomic E-state index is 14.4. The molecule has 1 aromatic rings. The molecule has 2 bridgehead atoms. The molecule has 36 heavy (non-hydrogen) atoms. The molecule has 0 aromatic heterocycles. The standard InChI is InChI=1S/C25H32BF2NO7/c1-12(30)6-7-19(31)29-18(9-13-8-15(27)21(28)20(23(32)33)22(13)34-5)26-35-17-11-14-10-16(24(14,2)3)25(17,4)36-26/h8,14,16-18H,6-7,9-11H2,1-5H3,(H,29,31)(H,32,33). The first-order chi connectivity index (χ1) is 16.8. The molecule has 5 rings (SSSR count). The van der Waals surface area contributed by atoms with Crippen LogP contribution in [0.25, 0.3) is 0 Å². The Morgan fingerprint density at radius 2 is 1.94 bits per heavy atom. The molecule has 3 saturated carbocycles. The predicted octanol–water partition coefficient (Wildman–Crippen LogP) is 3.34. The maximum Gasteiger partial charge on any atom is 0.482 e. The van der Waals surface area contributed by atoms with Crippen LogP contribution in [0.5, 0.6) is 5.75 Å². The van der Waals surface area contributed by atoms with E-state index in [4.69, 9.17) is 14.0 Å². The molecule has 5 unspecified atom stereocenters. The van der Waals surface area contributed by atoms with E-state index in [1.807, 2.05) is 6.92 Å². The van der Waals surface area contributed by atoms with Gasteiger partial charge in [0.2, 0.25) is 5.91 Å². The Kier molecular flexibility index (Phi) is 6.94. The molecule has 0 radical (unpaired) electrons. The summed E-state index contributed by atoms with van der Waals surface area (Å²) in [5.41, 5.74) is -1.38. The van der Waals surface area contributed by atoms with Gasteiger partial charge in [-0.2, -0.15) is 0 Å². The lowest BCUT2D eigenvalue weighted by Gasteiger charge is -2.64. The number of carboxylic acid groups (broad SMARTS) is 1. The van der Waals surface area contributed by atoms with Crippen LogP contribution in [0, 0.1) is 28.9 Å². The molecule has 4 aliphatic rings. The number of Topliss-reactive ketones (excluding diaryl/α,β-unsaturated/α-hetero) is 1. The smallest absolute Gasteiger partial charge is 0.482 e. The Balaban J connectivity index is 1.65. The Morgan fingerprint density at radius 1 is 1.25 bits per heavy atom. The Bertz CT molecular complexity index is 1100. The summed E-state index contributed by atoms with van der Waals surface area (Å²) in [5, 5.41) is 12.3. The normalized spacial score (nSPS) is 28.6. The number of ether oxygens (including phenoxy) is 1. The number of carbonyl (C=O) groups excluding carboxylic acids is 2. The van der Waals surface area contributed by atoms with E-state index in [-0.39, 0.29) is 53.8 Å². The Morgan fingerprint density at radius 3 is 2.53 bits per heavy atom. The number of hydrogen-bond donors (Lipinski definition) is 2. The van der Waals surface area contributed by atoms with Crippen LogP contribution < -0.4 is 10.1 Å². The van der Waals surface area contributed by atoms with Crippen LogP contribution in [0.3, 0.4) is 0 Å².